The monoisotopic (exact) mass is 220 g/mol. The van der Waals surface area contributed by atoms with Crippen LogP contribution in [0.25, 0.3) is 0 Å². The van der Waals surface area contributed by atoms with Crippen LogP contribution in [0.5, 0.6) is 0 Å². The molecule has 1 aliphatic rings. The van der Waals surface area contributed by atoms with Gasteiger partial charge in [-0.3, -0.25) is 0 Å². The number of hydrogen-bond acceptors (Lipinski definition) is 3. The molecule has 16 heavy (non-hydrogen) atoms. The van der Waals surface area contributed by atoms with Crippen LogP contribution in [-0.2, 0) is 4.74 Å². The van der Waals surface area contributed by atoms with E-state index in [1.807, 2.05) is 18.2 Å². The van der Waals surface area contributed by atoms with Crippen molar-refractivity contribution in [3.63, 3.8) is 0 Å². The zero-order valence-electron chi connectivity index (χ0n) is 9.61. The Morgan fingerprint density at radius 3 is 2.81 bits per heavy atom. The van der Waals surface area contributed by atoms with Crippen LogP contribution >= 0.6 is 0 Å². The molecule has 0 aliphatic carbocycles. The lowest BCUT2D eigenvalue weighted by molar-refractivity contribution is 0.110. The van der Waals surface area contributed by atoms with Gasteiger partial charge in [0.05, 0.1) is 6.10 Å². The summed E-state index contributed by atoms with van der Waals surface area (Å²) in [6.07, 6.45) is 2.87. The normalized spacial score (nSPS) is 19.9. The largest absolute Gasteiger partial charge is 0.384 e. The highest BCUT2D eigenvalue weighted by atomic mass is 16.5. The molecule has 0 aromatic heterocycles. The van der Waals surface area contributed by atoms with Crippen molar-refractivity contribution >= 4 is 5.69 Å². The molecule has 0 radical (unpaired) electrons. The van der Waals surface area contributed by atoms with E-state index in [0.29, 0.717) is 6.10 Å². The first-order valence-corrected chi connectivity index (χ1v) is 6.06. The molecule has 0 saturated carbocycles. The average molecular weight is 220 g/mol. The molecule has 1 unspecified atom stereocenters. The molecule has 2 N–H and O–H groups in total. The van der Waals surface area contributed by atoms with Crippen molar-refractivity contribution in [2.45, 2.75) is 18.9 Å². The van der Waals surface area contributed by atoms with E-state index in [1.165, 1.54) is 18.5 Å². The Kier molecular flexibility index (Phi) is 4.65. The van der Waals surface area contributed by atoms with Gasteiger partial charge in [0.15, 0.2) is 0 Å². The van der Waals surface area contributed by atoms with Gasteiger partial charge in [0.1, 0.15) is 0 Å². The van der Waals surface area contributed by atoms with Crippen molar-refractivity contribution in [1.82, 2.24) is 5.32 Å². The molecule has 1 aromatic carbocycles. The quantitative estimate of drug-likeness (QED) is 0.718. The van der Waals surface area contributed by atoms with Crippen LogP contribution in [0, 0.1) is 0 Å². The molecule has 3 nitrogen and oxygen atoms in total. The van der Waals surface area contributed by atoms with Crippen LogP contribution in [0.2, 0.25) is 0 Å². The molecule has 3 heteroatoms. The van der Waals surface area contributed by atoms with Crippen LogP contribution in [0.1, 0.15) is 12.8 Å². The first-order valence-electron chi connectivity index (χ1n) is 6.06. The van der Waals surface area contributed by atoms with Gasteiger partial charge in [-0.25, -0.2) is 0 Å². The highest BCUT2D eigenvalue weighted by Crippen LogP contribution is 2.10. The molecular formula is C13H20N2O. The number of ether oxygens (including phenoxy) is 1. The lowest BCUT2D eigenvalue weighted by atomic mass is 10.2. The molecule has 1 aromatic rings. The summed E-state index contributed by atoms with van der Waals surface area (Å²) in [6.45, 7) is 3.86. The molecule has 1 aliphatic heterocycles. The maximum Gasteiger partial charge on any atom is 0.0700 e. The summed E-state index contributed by atoms with van der Waals surface area (Å²) in [7, 11) is 0. The van der Waals surface area contributed by atoms with Crippen LogP contribution in [0.4, 0.5) is 5.69 Å². The molecule has 1 heterocycles. The second-order valence-electron chi connectivity index (χ2n) is 4.13. The van der Waals surface area contributed by atoms with E-state index in [0.717, 1.165) is 26.2 Å². The highest BCUT2D eigenvalue weighted by Gasteiger charge is 2.13. The average Bonchev–Trinajstić information content (AvgIpc) is 2.83. The third-order valence-electron chi connectivity index (χ3n) is 2.80. The van der Waals surface area contributed by atoms with Crippen molar-refractivity contribution in [2.24, 2.45) is 0 Å². The van der Waals surface area contributed by atoms with Crippen LogP contribution < -0.4 is 10.6 Å². The maximum atomic E-state index is 5.53. The molecule has 2 rings (SSSR count). The zero-order valence-corrected chi connectivity index (χ0v) is 9.61. The summed E-state index contributed by atoms with van der Waals surface area (Å²) in [6, 6.07) is 10.3. The van der Waals surface area contributed by atoms with E-state index < -0.39 is 0 Å². The summed E-state index contributed by atoms with van der Waals surface area (Å²) >= 11 is 0. The Morgan fingerprint density at radius 1 is 1.19 bits per heavy atom. The van der Waals surface area contributed by atoms with Gasteiger partial charge < -0.3 is 15.4 Å². The Hall–Kier alpha value is -1.06. The van der Waals surface area contributed by atoms with Gasteiger partial charge in [-0.15, -0.1) is 0 Å². The predicted molar refractivity (Wildman–Crippen MR) is 66.8 cm³/mol. The van der Waals surface area contributed by atoms with Crippen LogP contribution in [0.3, 0.4) is 0 Å². The Morgan fingerprint density at radius 2 is 2.06 bits per heavy atom. The molecule has 0 spiro atoms. The Balaban J connectivity index is 1.52. The minimum absolute atomic E-state index is 0.441. The van der Waals surface area contributed by atoms with Crippen LogP contribution in [-0.4, -0.2) is 32.3 Å². The number of nitrogens with one attached hydrogen (secondary N) is 2. The maximum absolute atomic E-state index is 5.53. The van der Waals surface area contributed by atoms with Gasteiger partial charge in [-0.2, -0.15) is 0 Å². The third kappa shape index (κ3) is 3.83. The first-order chi connectivity index (χ1) is 7.95. The summed E-state index contributed by atoms with van der Waals surface area (Å²) in [5.74, 6) is 0. The van der Waals surface area contributed by atoms with Gasteiger partial charge >= 0.3 is 0 Å². The molecule has 0 amide bonds. The van der Waals surface area contributed by atoms with Crippen LogP contribution in [0.15, 0.2) is 30.3 Å². The second-order valence-corrected chi connectivity index (χ2v) is 4.13. The van der Waals surface area contributed by atoms with Gasteiger partial charge in [-0.05, 0) is 25.0 Å². The van der Waals surface area contributed by atoms with Crippen molar-refractivity contribution in [3.8, 4) is 0 Å². The van der Waals surface area contributed by atoms with Crippen molar-refractivity contribution in [2.75, 3.05) is 31.6 Å². The fourth-order valence-electron chi connectivity index (χ4n) is 1.92. The molecule has 1 fully saturated rings. The van der Waals surface area contributed by atoms with Crippen molar-refractivity contribution in [1.29, 1.82) is 0 Å². The van der Waals surface area contributed by atoms with E-state index in [2.05, 4.69) is 22.8 Å². The van der Waals surface area contributed by atoms with Gasteiger partial charge in [0.25, 0.3) is 0 Å². The van der Waals surface area contributed by atoms with E-state index >= 15 is 0 Å². The number of benzene rings is 1. The minimum Gasteiger partial charge on any atom is -0.384 e. The highest BCUT2D eigenvalue weighted by molar-refractivity contribution is 5.42. The SMILES string of the molecule is c1ccc(NCCNCC2CCCO2)cc1. The van der Waals surface area contributed by atoms with E-state index in [4.69, 9.17) is 4.74 Å². The lowest BCUT2D eigenvalue weighted by Crippen LogP contribution is -2.30. The molecule has 88 valence electrons. The molecular weight excluding hydrogens is 200 g/mol. The van der Waals surface area contributed by atoms with E-state index in [1.54, 1.807) is 0 Å². The molecule has 1 atom stereocenters. The summed E-state index contributed by atoms with van der Waals surface area (Å²) in [4.78, 5) is 0. The summed E-state index contributed by atoms with van der Waals surface area (Å²) in [5, 5.41) is 6.78. The number of rotatable bonds is 6. The Labute approximate surface area is 97.2 Å². The Bertz CT molecular complexity index is 283. The zero-order chi connectivity index (χ0) is 11.1. The number of anilines is 1. The fourth-order valence-corrected chi connectivity index (χ4v) is 1.92. The lowest BCUT2D eigenvalue weighted by Gasteiger charge is -2.11. The topological polar surface area (TPSA) is 33.3 Å². The molecule has 1 saturated heterocycles. The summed E-state index contributed by atoms with van der Waals surface area (Å²) in [5.41, 5.74) is 1.18. The molecule has 0 bridgehead atoms. The standard InChI is InChI=1S/C13H20N2O/c1-2-5-12(6-3-1)15-9-8-14-11-13-7-4-10-16-13/h1-3,5-6,13-15H,4,7-11H2. The summed E-state index contributed by atoms with van der Waals surface area (Å²) < 4.78 is 5.53. The van der Waals surface area contributed by atoms with E-state index in [-0.39, 0.29) is 0 Å². The third-order valence-corrected chi connectivity index (χ3v) is 2.80. The first kappa shape index (κ1) is 11.4. The number of para-hydroxylation sites is 1. The van der Waals surface area contributed by atoms with Gasteiger partial charge in [-0.1, -0.05) is 18.2 Å². The second kappa shape index (κ2) is 6.51. The number of hydrogen-bond donors (Lipinski definition) is 2. The smallest absolute Gasteiger partial charge is 0.0700 e. The van der Waals surface area contributed by atoms with Crippen molar-refractivity contribution < 1.29 is 4.74 Å². The van der Waals surface area contributed by atoms with Crippen molar-refractivity contribution in [3.05, 3.63) is 30.3 Å². The minimum atomic E-state index is 0.441. The predicted octanol–water partition coefficient (Wildman–Crippen LogP) is 1.87. The van der Waals surface area contributed by atoms with E-state index in [9.17, 15) is 0 Å². The fraction of sp³-hybridized carbons (Fsp3) is 0.538. The van der Waals surface area contributed by atoms with Gasteiger partial charge in [0, 0.05) is 31.9 Å². The van der Waals surface area contributed by atoms with Gasteiger partial charge in [0.2, 0.25) is 0 Å².